The van der Waals surface area contributed by atoms with Crippen molar-refractivity contribution in [3.63, 3.8) is 0 Å². The number of aromatic nitrogens is 4. The quantitative estimate of drug-likeness (QED) is 0.343. The van der Waals surface area contributed by atoms with Gasteiger partial charge in [0.05, 0.1) is 17.6 Å². The van der Waals surface area contributed by atoms with Gasteiger partial charge in [-0.1, -0.05) is 48.2 Å². The number of thioether (sulfide) groups is 1. The summed E-state index contributed by atoms with van der Waals surface area (Å²) in [6, 6.07) is 18.1. The third-order valence-electron chi connectivity index (χ3n) is 5.25. The number of carbonyl (C=O) groups is 1. The van der Waals surface area contributed by atoms with Gasteiger partial charge in [0.25, 0.3) is 0 Å². The minimum absolute atomic E-state index is 0.0573. The smallest absolute Gasteiger partial charge is 0.231 e. The minimum Gasteiger partial charge on any atom is -0.325 e. The first kappa shape index (κ1) is 20.7. The van der Waals surface area contributed by atoms with Gasteiger partial charge in [-0.2, -0.15) is 0 Å². The molecule has 0 aliphatic carbocycles. The average molecular weight is 460 g/mol. The zero-order valence-corrected chi connectivity index (χ0v) is 19.3. The summed E-state index contributed by atoms with van der Waals surface area (Å²) in [7, 11) is 0. The predicted molar refractivity (Wildman–Crippen MR) is 130 cm³/mol. The second kappa shape index (κ2) is 8.72. The zero-order chi connectivity index (χ0) is 22.1. The van der Waals surface area contributed by atoms with Crippen LogP contribution in [0.25, 0.3) is 16.6 Å². The van der Waals surface area contributed by atoms with E-state index in [0.29, 0.717) is 5.75 Å². The van der Waals surface area contributed by atoms with Crippen LogP contribution in [-0.4, -0.2) is 25.5 Å². The molecule has 5 rings (SSSR count). The Morgan fingerprint density at radius 3 is 2.75 bits per heavy atom. The fourth-order valence-electron chi connectivity index (χ4n) is 3.65. The molecule has 0 atom stereocenters. The molecule has 0 spiro atoms. The third kappa shape index (κ3) is 4.11. The molecule has 32 heavy (non-hydrogen) atoms. The molecule has 0 saturated heterocycles. The summed E-state index contributed by atoms with van der Waals surface area (Å²) in [5, 5.41) is 16.6. The molecule has 1 amide bonds. The molecule has 0 bridgehead atoms. The van der Waals surface area contributed by atoms with E-state index >= 15 is 0 Å². The van der Waals surface area contributed by atoms with E-state index in [0.717, 1.165) is 38.3 Å². The van der Waals surface area contributed by atoms with Gasteiger partial charge in [-0.3, -0.25) is 9.20 Å². The van der Waals surface area contributed by atoms with E-state index < -0.39 is 0 Å². The standard InChI is InChI=1S/C24H21N5OS2/c1-15-7-3-5-9-19(15)26-22(30)12-23-25-17(13-31-23)14-32-24-28-27-21-11-16(2)18-8-4-6-10-20(18)29(21)24/h3-11,13H,12,14H2,1-2H3,(H,26,30). The fraction of sp³-hybridized carbons (Fsp3) is 0.167. The number of pyridine rings is 1. The molecule has 3 aromatic heterocycles. The molecule has 0 radical (unpaired) electrons. The van der Waals surface area contributed by atoms with Crippen LogP contribution >= 0.6 is 23.1 Å². The Kier molecular flexibility index (Phi) is 5.63. The molecule has 6 nitrogen and oxygen atoms in total. The minimum atomic E-state index is -0.0573. The van der Waals surface area contributed by atoms with Crippen LogP contribution in [0.3, 0.4) is 0 Å². The van der Waals surface area contributed by atoms with E-state index in [1.807, 2.05) is 48.7 Å². The number of hydrogen-bond donors (Lipinski definition) is 1. The summed E-state index contributed by atoms with van der Waals surface area (Å²) in [6.45, 7) is 4.07. The number of carbonyl (C=O) groups excluding carboxylic acids is 1. The molecule has 1 N–H and O–H groups in total. The molecule has 0 unspecified atom stereocenters. The highest BCUT2D eigenvalue weighted by Crippen LogP contribution is 2.28. The first-order valence-corrected chi connectivity index (χ1v) is 12.1. The Hall–Kier alpha value is -3.23. The lowest BCUT2D eigenvalue weighted by Gasteiger charge is -2.07. The van der Waals surface area contributed by atoms with Crippen LogP contribution in [0.15, 0.2) is 65.1 Å². The summed E-state index contributed by atoms with van der Waals surface area (Å²) < 4.78 is 2.09. The lowest BCUT2D eigenvalue weighted by molar-refractivity contribution is -0.115. The largest absolute Gasteiger partial charge is 0.325 e. The molecule has 5 aromatic rings. The first-order chi connectivity index (χ1) is 15.6. The molecule has 3 heterocycles. The number of amides is 1. The lowest BCUT2D eigenvalue weighted by atomic mass is 10.1. The maximum absolute atomic E-state index is 12.4. The second-order valence-corrected chi connectivity index (χ2v) is 9.47. The number of nitrogens with one attached hydrogen (secondary N) is 1. The van der Waals surface area contributed by atoms with Crippen molar-refractivity contribution in [1.82, 2.24) is 19.6 Å². The number of hydrogen-bond acceptors (Lipinski definition) is 6. The Labute approximate surface area is 193 Å². The fourth-order valence-corrected chi connectivity index (χ4v) is 5.39. The first-order valence-electron chi connectivity index (χ1n) is 10.2. The monoisotopic (exact) mass is 459 g/mol. The number of benzene rings is 2. The molecule has 0 aliphatic rings. The molecule has 0 fully saturated rings. The topological polar surface area (TPSA) is 72.2 Å². The maximum Gasteiger partial charge on any atom is 0.231 e. The van der Waals surface area contributed by atoms with Crippen molar-refractivity contribution in [2.45, 2.75) is 31.2 Å². The van der Waals surface area contributed by atoms with Crippen molar-refractivity contribution >= 4 is 51.2 Å². The maximum atomic E-state index is 12.4. The van der Waals surface area contributed by atoms with Gasteiger partial charge < -0.3 is 5.32 Å². The number of nitrogens with zero attached hydrogens (tertiary/aromatic N) is 4. The number of fused-ring (bicyclic) bond motifs is 3. The number of rotatable bonds is 6. The summed E-state index contributed by atoms with van der Waals surface area (Å²) in [4.78, 5) is 17.1. The summed E-state index contributed by atoms with van der Waals surface area (Å²) in [6.07, 6.45) is 0.265. The van der Waals surface area contributed by atoms with E-state index in [-0.39, 0.29) is 12.3 Å². The lowest BCUT2D eigenvalue weighted by Crippen LogP contribution is -2.15. The van der Waals surface area contributed by atoms with Crippen LogP contribution in [0.4, 0.5) is 5.69 Å². The SMILES string of the molecule is Cc1ccccc1NC(=O)Cc1nc(CSc2nnc3cc(C)c4ccccc4n23)cs1. The number of aryl methyl sites for hydroxylation is 2. The van der Waals surface area contributed by atoms with Crippen LogP contribution in [0.2, 0.25) is 0 Å². The number of thiazole rings is 1. The predicted octanol–water partition coefficient (Wildman–Crippen LogP) is 5.43. The molecular formula is C24H21N5OS2. The van der Waals surface area contributed by atoms with E-state index in [9.17, 15) is 4.79 Å². The normalized spacial score (nSPS) is 11.3. The molecule has 0 aliphatic heterocycles. The Balaban J connectivity index is 1.29. The van der Waals surface area contributed by atoms with Gasteiger partial charge in [0.15, 0.2) is 10.8 Å². The van der Waals surface area contributed by atoms with Gasteiger partial charge in [-0.25, -0.2) is 4.98 Å². The summed E-state index contributed by atoms with van der Waals surface area (Å²) in [5.41, 5.74) is 5.95. The van der Waals surface area contributed by atoms with E-state index in [2.05, 4.69) is 50.0 Å². The molecule has 160 valence electrons. The van der Waals surface area contributed by atoms with Gasteiger partial charge in [0.2, 0.25) is 5.91 Å². The van der Waals surface area contributed by atoms with E-state index in [1.54, 1.807) is 11.8 Å². The van der Waals surface area contributed by atoms with Gasteiger partial charge in [-0.15, -0.1) is 21.5 Å². The molecular weight excluding hydrogens is 438 g/mol. The van der Waals surface area contributed by atoms with Gasteiger partial charge >= 0.3 is 0 Å². The van der Waals surface area contributed by atoms with Gasteiger partial charge in [0, 0.05) is 22.2 Å². The Morgan fingerprint density at radius 2 is 1.88 bits per heavy atom. The van der Waals surface area contributed by atoms with Crippen molar-refractivity contribution in [2.24, 2.45) is 0 Å². The van der Waals surface area contributed by atoms with Crippen LogP contribution in [0.1, 0.15) is 21.8 Å². The number of anilines is 1. The van der Waals surface area contributed by atoms with Crippen molar-refractivity contribution in [3.05, 3.63) is 81.8 Å². The zero-order valence-electron chi connectivity index (χ0n) is 17.7. The van der Waals surface area contributed by atoms with Crippen LogP contribution in [-0.2, 0) is 17.0 Å². The van der Waals surface area contributed by atoms with E-state index in [4.69, 9.17) is 0 Å². The van der Waals surface area contributed by atoms with Crippen LogP contribution < -0.4 is 5.32 Å². The highest BCUT2D eigenvalue weighted by Gasteiger charge is 2.13. The van der Waals surface area contributed by atoms with Crippen LogP contribution in [0, 0.1) is 13.8 Å². The summed E-state index contributed by atoms with van der Waals surface area (Å²) in [5.74, 6) is 0.608. The van der Waals surface area contributed by atoms with Crippen molar-refractivity contribution in [2.75, 3.05) is 5.32 Å². The highest BCUT2D eigenvalue weighted by atomic mass is 32.2. The molecule has 2 aromatic carbocycles. The second-order valence-electron chi connectivity index (χ2n) is 7.58. The van der Waals surface area contributed by atoms with Gasteiger partial charge in [0.1, 0.15) is 5.01 Å². The average Bonchev–Trinajstić information content (AvgIpc) is 3.40. The highest BCUT2D eigenvalue weighted by molar-refractivity contribution is 7.98. The Bertz CT molecular complexity index is 1440. The van der Waals surface area contributed by atoms with Crippen molar-refractivity contribution in [3.8, 4) is 0 Å². The Morgan fingerprint density at radius 1 is 1.06 bits per heavy atom. The van der Waals surface area contributed by atoms with Gasteiger partial charge in [-0.05, 0) is 43.2 Å². The van der Waals surface area contributed by atoms with E-state index in [1.165, 1.54) is 22.3 Å². The van der Waals surface area contributed by atoms with Crippen molar-refractivity contribution in [1.29, 1.82) is 0 Å². The molecule has 0 saturated carbocycles. The number of para-hydroxylation sites is 2. The van der Waals surface area contributed by atoms with Crippen molar-refractivity contribution < 1.29 is 4.79 Å². The molecule has 8 heteroatoms. The third-order valence-corrected chi connectivity index (χ3v) is 7.11. The summed E-state index contributed by atoms with van der Waals surface area (Å²) >= 11 is 3.11. The van der Waals surface area contributed by atoms with Crippen LogP contribution in [0.5, 0.6) is 0 Å².